The van der Waals surface area contributed by atoms with Gasteiger partial charge in [0.15, 0.2) is 0 Å². The van der Waals surface area contributed by atoms with Gasteiger partial charge in [-0.3, -0.25) is 9.59 Å². The zero-order valence-corrected chi connectivity index (χ0v) is 12.3. The quantitative estimate of drug-likeness (QED) is 0.832. The molecule has 0 aliphatic carbocycles. The highest BCUT2D eigenvalue weighted by Crippen LogP contribution is 2.16. The number of amides is 2. The molecule has 2 amide bonds. The highest BCUT2D eigenvalue weighted by Gasteiger charge is 2.13. The zero-order chi connectivity index (χ0) is 15.0. The number of nitrogens with one attached hydrogen (secondary N) is 1. The summed E-state index contributed by atoms with van der Waals surface area (Å²) < 4.78 is 5.09. The molecule has 0 aromatic heterocycles. The predicted octanol–water partition coefficient (Wildman–Crippen LogP) is 2.28. The van der Waals surface area contributed by atoms with E-state index >= 15 is 0 Å². The Morgan fingerprint density at radius 3 is 2.70 bits per heavy atom. The summed E-state index contributed by atoms with van der Waals surface area (Å²) in [4.78, 5) is 25.0. The van der Waals surface area contributed by atoms with Gasteiger partial charge in [-0.05, 0) is 18.6 Å². The second-order valence-corrected chi connectivity index (χ2v) is 4.57. The van der Waals surface area contributed by atoms with Crippen LogP contribution in [0.4, 0.5) is 5.69 Å². The summed E-state index contributed by atoms with van der Waals surface area (Å²) in [5.41, 5.74) is 0.661. The normalized spacial score (nSPS) is 9.95. The van der Waals surface area contributed by atoms with Gasteiger partial charge in [-0.2, -0.15) is 0 Å². The summed E-state index contributed by atoms with van der Waals surface area (Å²) >= 11 is 0. The Balaban J connectivity index is 2.58. The zero-order valence-electron chi connectivity index (χ0n) is 12.3. The van der Waals surface area contributed by atoms with E-state index in [1.54, 1.807) is 36.3 Å². The van der Waals surface area contributed by atoms with Crippen LogP contribution >= 0.6 is 0 Å². The molecule has 0 heterocycles. The number of anilines is 1. The molecule has 0 spiro atoms. The Morgan fingerprint density at radius 2 is 2.10 bits per heavy atom. The molecular weight excluding hydrogens is 256 g/mol. The number of rotatable bonds is 7. The minimum atomic E-state index is -0.204. The van der Waals surface area contributed by atoms with Crippen molar-refractivity contribution in [3.05, 3.63) is 24.3 Å². The summed E-state index contributed by atoms with van der Waals surface area (Å²) in [6.45, 7) is 4.22. The molecule has 1 aromatic rings. The van der Waals surface area contributed by atoms with Crippen molar-refractivity contribution >= 4 is 17.5 Å². The third-order valence-corrected chi connectivity index (χ3v) is 2.91. The molecule has 0 unspecified atom stereocenters. The first-order chi connectivity index (χ1) is 9.56. The molecule has 0 fully saturated rings. The second-order valence-electron chi connectivity index (χ2n) is 4.57. The van der Waals surface area contributed by atoms with Crippen LogP contribution in [0.5, 0.6) is 5.75 Å². The van der Waals surface area contributed by atoms with Crippen molar-refractivity contribution in [2.75, 3.05) is 25.5 Å². The fraction of sp³-hybridized carbons (Fsp3) is 0.467. The highest BCUT2D eigenvalue weighted by molar-refractivity contribution is 5.94. The molecule has 110 valence electrons. The van der Waals surface area contributed by atoms with Crippen molar-refractivity contribution in [2.45, 2.75) is 26.7 Å². The Hall–Kier alpha value is -2.04. The van der Waals surface area contributed by atoms with E-state index < -0.39 is 0 Å². The van der Waals surface area contributed by atoms with Crippen LogP contribution in [0.2, 0.25) is 0 Å². The maximum Gasteiger partial charge on any atom is 0.243 e. The van der Waals surface area contributed by atoms with E-state index in [2.05, 4.69) is 12.2 Å². The highest BCUT2D eigenvalue weighted by atomic mass is 16.5. The van der Waals surface area contributed by atoms with Crippen molar-refractivity contribution in [3.63, 3.8) is 0 Å². The lowest BCUT2D eigenvalue weighted by Crippen LogP contribution is -2.37. The van der Waals surface area contributed by atoms with Crippen LogP contribution in [0.3, 0.4) is 0 Å². The van der Waals surface area contributed by atoms with Gasteiger partial charge in [-0.15, -0.1) is 0 Å². The van der Waals surface area contributed by atoms with E-state index in [1.807, 2.05) is 0 Å². The van der Waals surface area contributed by atoms with E-state index in [0.29, 0.717) is 18.0 Å². The van der Waals surface area contributed by atoms with E-state index in [0.717, 1.165) is 12.8 Å². The van der Waals surface area contributed by atoms with Gasteiger partial charge in [-0.1, -0.05) is 19.4 Å². The molecule has 0 saturated heterocycles. The first-order valence-electron chi connectivity index (χ1n) is 6.76. The van der Waals surface area contributed by atoms with E-state index in [9.17, 15) is 9.59 Å². The SMILES string of the molecule is CCCCN(CC(=O)Nc1cccc(OC)c1)C(C)=O. The standard InChI is InChI=1S/C15H22N2O3/c1-4-5-9-17(12(2)18)11-15(19)16-13-7-6-8-14(10-13)20-3/h6-8,10H,4-5,9,11H2,1-3H3,(H,16,19). The molecule has 1 rings (SSSR count). The van der Waals surface area contributed by atoms with Gasteiger partial charge in [0.25, 0.3) is 0 Å². The molecule has 0 aliphatic heterocycles. The van der Waals surface area contributed by atoms with Crippen LogP contribution in [0.25, 0.3) is 0 Å². The summed E-state index contributed by atoms with van der Waals surface area (Å²) in [7, 11) is 1.57. The molecule has 1 N–H and O–H groups in total. The number of nitrogens with zero attached hydrogens (tertiary/aromatic N) is 1. The molecule has 0 atom stereocenters. The summed E-state index contributed by atoms with van der Waals surface area (Å²) in [6, 6.07) is 7.12. The van der Waals surface area contributed by atoms with E-state index in [1.165, 1.54) is 6.92 Å². The van der Waals surface area contributed by atoms with Gasteiger partial charge in [0.1, 0.15) is 5.75 Å². The fourth-order valence-corrected chi connectivity index (χ4v) is 1.77. The van der Waals surface area contributed by atoms with Crippen LogP contribution in [0.15, 0.2) is 24.3 Å². The van der Waals surface area contributed by atoms with E-state index in [4.69, 9.17) is 4.74 Å². The average Bonchev–Trinajstić information content (AvgIpc) is 2.43. The minimum absolute atomic E-state index is 0.0759. The second kappa shape index (κ2) is 8.19. The van der Waals surface area contributed by atoms with Crippen LogP contribution in [0.1, 0.15) is 26.7 Å². The topological polar surface area (TPSA) is 58.6 Å². The van der Waals surface area contributed by atoms with Crippen molar-refractivity contribution in [1.82, 2.24) is 4.90 Å². The number of carbonyl (C=O) groups excluding carboxylic acids is 2. The van der Waals surface area contributed by atoms with Gasteiger partial charge in [-0.25, -0.2) is 0 Å². The van der Waals surface area contributed by atoms with Gasteiger partial charge in [0, 0.05) is 25.2 Å². The minimum Gasteiger partial charge on any atom is -0.497 e. The third kappa shape index (κ3) is 5.30. The first kappa shape index (κ1) is 16.0. The maximum atomic E-state index is 11.9. The van der Waals surface area contributed by atoms with Crippen molar-refractivity contribution < 1.29 is 14.3 Å². The number of hydrogen-bond donors (Lipinski definition) is 1. The molecule has 0 aliphatic rings. The van der Waals surface area contributed by atoms with Gasteiger partial charge < -0.3 is 15.0 Å². The number of methoxy groups -OCH3 is 1. The lowest BCUT2D eigenvalue weighted by Gasteiger charge is -2.20. The van der Waals surface area contributed by atoms with Crippen LogP contribution in [-0.2, 0) is 9.59 Å². The Kier molecular flexibility index (Phi) is 6.56. The van der Waals surface area contributed by atoms with Crippen LogP contribution in [-0.4, -0.2) is 36.9 Å². The molecule has 1 aromatic carbocycles. The van der Waals surface area contributed by atoms with Gasteiger partial charge in [0.05, 0.1) is 13.7 Å². The largest absolute Gasteiger partial charge is 0.497 e. The Morgan fingerprint density at radius 1 is 1.35 bits per heavy atom. The molecular formula is C15H22N2O3. The molecule has 0 radical (unpaired) electrons. The van der Waals surface area contributed by atoms with Crippen molar-refractivity contribution in [1.29, 1.82) is 0 Å². The van der Waals surface area contributed by atoms with Crippen LogP contribution < -0.4 is 10.1 Å². The summed E-state index contributed by atoms with van der Waals surface area (Å²) in [5.74, 6) is 0.390. The Bertz CT molecular complexity index is 460. The summed E-state index contributed by atoms with van der Waals surface area (Å²) in [6.07, 6.45) is 1.88. The van der Waals surface area contributed by atoms with Crippen molar-refractivity contribution in [3.8, 4) is 5.75 Å². The molecule has 0 bridgehead atoms. The fourth-order valence-electron chi connectivity index (χ4n) is 1.77. The average molecular weight is 278 g/mol. The van der Waals surface area contributed by atoms with Crippen LogP contribution in [0, 0.1) is 0 Å². The van der Waals surface area contributed by atoms with Crippen molar-refractivity contribution in [2.24, 2.45) is 0 Å². The molecule has 5 nitrogen and oxygen atoms in total. The third-order valence-electron chi connectivity index (χ3n) is 2.91. The number of hydrogen-bond acceptors (Lipinski definition) is 3. The predicted molar refractivity (Wildman–Crippen MR) is 78.8 cm³/mol. The number of ether oxygens (including phenoxy) is 1. The summed E-state index contributed by atoms with van der Waals surface area (Å²) in [5, 5.41) is 2.77. The maximum absolute atomic E-state index is 11.9. The van der Waals surface area contributed by atoms with Gasteiger partial charge >= 0.3 is 0 Å². The lowest BCUT2D eigenvalue weighted by atomic mass is 10.3. The number of benzene rings is 1. The molecule has 5 heteroatoms. The monoisotopic (exact) mass is 278 g/mol. The number of carbonyl (C=O) groups is 2. The van der Waals surface area contributed by atoms with Gasteiger partial charge in [0.2, 0.25) is 11.8 Å². The number of unbranched alkanes of at least 4 members (excludes halogenated alkanes) is 1. The lowest BCUT2D eigenvalue weighted by molar-refractivity contribution is -0.132. The molecule has 20 heavy (non-hydrogen) atoms. The van der Waals surface area contributed by atoms with E-state index in [-0.39, 0.29) is 18.4 Å². The first-order valence-corrected chi connectivity index (χ1v) is 6.76. The Labute approximate surface area is 119 Å². The smallest absolute Gasteiger partial charge is 0.243 e. The molecule has 0 saturated carbocycles.